The molecule has 0 saturated heterocycles. The van der Waals surface area contributed by atoms with Gasteiger partial charge in [0.05, 0.1) is 33.9 Å². The predicted molar refractivity (Wildman–Crippen MR) is 233 cm³/mol. The van der Waals surface area contributed by atoms with Crippen LogP contribution >= 0.6 is 23.2 Å². The first-order valence-electron chi connectivity index (χ1n) is 19.5. The summed E-state index contributed by atoms with van der Waals surface area (Å²) in [6, 6.07) is 14.0. The fraction of sp³-hybridized carbons (Fsp3) is 0.386. The van der Waals surface area contributed by atoms with Gasteiger partial charge in [0.1, 0.15) is 18.2 Å². The lowest BCUT2D eigenvalue weighted by atomic mass is 9.98. The van der Waals surface area contributed by atoms with Crippen LogP contribution in [0.3, 0.4) is 0 Å². The number of aryl methyl sites for hydroxylation is 5. The zero-order valence-corrected chi connectivity index (χ0v) is 36.7. The van der Waals surface area contributed by atoms with E-state index in [1.165, 1.54) is 0 Å². The van der Waals surface area contributed by atoms with E-state index >= 15 is 4.79 Å². The van der Waals surface area contributed by atoms with Crippen molar-refractivity contribution in [1.82, 2.24) is 18.9 Å². The van der Waals surface area contributed by atoms with Gasteiger partial charge in [0.25, 0.3) is 5.91 Å². The first-order chi connectivity index (χ1) is 27.0. The molecule has 0 radical (unpaired) electrons. The lowest BCUT2D eigenvalue weighted by molar-refractivity contribution is 0.0698. The Labute approximate surface area is 344 Å². The molecule has 1 atom stereocenters. The Balaban J connectivity index is 1.34. The van der Waals surface area contributed by atoms with Gasteiger partial charge in [0.15, 0.2) is 0 Å². The van der Waals surface area contributed by atoms with Crippen molar-refractivity contribution in [3.8, 4) is 16.9 Å². The normalized spacial score (nSPS) is 14.6. The smallest absolute Gasteiger partial charge is 0.336 e. The lowest BCUT2D eigenvalue weighted by Crippen LogP contribution is -2.42. The summed E-state index contributed by atoms with van der Waals surface area (Å²) in [5, 5.41) is 18.0. The van der Waals surface area contributed by atoms with E-state index in [1.54, 1.807) is 17.0 Å². The minimum absolute atomic E-state index is 0.154. The Hall–Kier alpha value is -4.55. The maximum absolute atomic E-state index is 15.1. The van der Waals surface area contributed by atoms with Gasteiger partial charge in [-0.25, -0.2) is 9.48 Å². The number of halogens is 2. The van der Waals surface area contributed by atoms with Gasteiger partial charge < -0.3 is 28.6 Å². The van der Waals surface area contributed by atoms with Gasteiger partial charge in [0.2, 0.25) is 0 Å². The van der Waals surface area contributed by atoms with E-state index in [0.717, 1.165) is 72.4 Å². The number of fused-ring (bicyclic) bond motifs is 4. The molecule has 7 rings (SSSR count). The van der Waals surface area contributed by atoms with Crippen LogP contribution in [-0.2, 0) is 24.9 Å². The number of aromatic nitrogens is 4. The average Bonchev–Trinajstić information content (AvgIpc) is 3.78. The Morgan fingerprint density at radius 1 is 0.982 bits per heavy atom. The number of anilines is 1. The lowest BCUT2D eigenvalue weighted by Gasteiger charge is -2.34. The number of nitrogens with zero attached hydrogens (tertiary/aromatic N) is 5. The quantitative estimate of drug-likeness (QED) is 0.0918. The maximum atomic E-state index is 15.1. The van der Waals surface area contributed by atoms with Crippen LogP contribution in [0.4, 0.5) is 5.69 Å². The largest absolute Gasteiger partial charge is 0.494 e. The highest BCUT2D eigenvalue weighted by Crippen LogP contribution is 2.45. The minimum atomic E-state index is -1.26. The molecule has 3 aromatic carbocycles. The number of aromatic carboxylic acids is 1. The maximum Gasteiger partial charge on any atom is 0.336 e. The molecule has 1 unspecified atom stereocenters. The summed E-state index contributed by atoms with van der Waals surface area (Å²) in [5.74, 6) is -0.490. The third-order valence-electron chi connectivity index (χ3n) is 11.2. The first kappa shape index (κ1) is 40.6. The van der Waals surface area contributed by atoms with Crippen LogP contribution in [0.1, 0.15) is 68.3 Å². The Morgan fingerprint density at radius 3 is 2.39 bits per heavy atom. The van der Waals surface area contributed by atoms with E-state index in [4.69, 9.17) is 37.8 Å². The number of hydrogen-bond donors (Lipinski definition) is 1. The molecule has 0 aliphatic carbocycles. The summed E-state index contributed by atoms with van der Waals surface area (Å²) >= 11 is 13.6. The molecule has 0 bridgehead atoms. The molecule has 0 saturated carbocycles. The van der Waals surface area contributed by atoms with Crippen molar-refractivity contribution in [2.45, 2.75) is 85.9 Å². The monoisotopic (exact) mass is 827 g/mol. The molecule has 10 nitrogen and oxygen atoms in total. The van der Waals surface area contributed by atoms with Crippen LogP contribution in [-0.4, -0.2) is 63.7 Å². The van der Waals surface area contributed by atoms with E-state index in [2.05, 4.69) is 31.1 Å². The van der Waals surface area contributed by atoms with Crippen molar-refractivity contribution in [3.05, 3.63) is 98.0 Å². The van der Waals surface area contributed by atoms with Crippen molar-refractivity contribution in [2.75, 3.05) is 24.7 Å². The predicted octanol–water partition coefficient (Wildman–Crippen LogP) is 10.8. The molecular formula is C44H51Cl2N5O5Si. The topological polar surface area (TPSA) is 104 Å². The highest BCUT2D eigenvalue weighted by molar-refractivity contribution is 6.76. The van der Waals surface area contributed by atoms with Crippen LogP contribution in [0.5, 0.6) is 5.75 Å². The number of ether oxygens (including phenoxy) is 2. The van der Waals surface area contributed by atoms with Crippen LogP contribution < -0.4 is 9.64 Å². The molecule has 0 fully saturated rings. The Kier molecular flexibility index (Phi) is 11.2. The van der Waals surface area contributed by atoms with Crippen LogP contribution in [0, 0.1) is 27.7 Å². The third kappa shape index (κ3) is 7.62. The van der Waals surface area contributed by atoms with Gasteiger partial charge in [0, 0.05) is 78.8 Å². The van der Waals surface area contributed by atoms with Gasteiger partial charge in [-0.3, -0.25) is 4.79 Å². The van der Waals surface area contributed by atoms with Crippen molar-refractivity contribution < 1.29 is 24.2 Å². The molecule has 1 N–H and O–H groups in total. The number of carbonyl (C=O) groups is 2. The number of carboxylic acids is 1. The fourth-order valence-electron chi connectivity index (χ4n) is 8.22. The summed E-state index contributed by atoms with van der Waals surface area (Å²) in [6.45, 7) is 18.8. The van der Waals surface area contributed by atoms with Crippen molar-refractivity contribution >= 4 is 70.6 Å². The molecule has 57 heavy (non-hydrogen) atoms. The highest BCUT2D eigenvalue weighted by atomic mass is 35.5. The Morgan fingerprint density at radius 2 is 1.70 bits per heavy atom. The van der Waals surface area contributed by atoms with E-state index in [1.807, 2.05) is 80.5 Å². The number of amides is 1. The molecule has 3 aromatic heterocycles. The van der Waals surface area contributed by atoms with Crippen LogP contribution in [0.15, 0.2) is 48.7 Å². The van der Waals surface area contributed by atoms with Gasteiger partial charge in [-0.1, -0.05) is 48.9 Å². The van der Waals surface area contributed by atoms with E-state index in [-0.39, 0.29) is 17.5 Å². The SMILES string of the molecule is Cc1cc(OCCCc2c3n(c4c(-c5c(C)nn(COCC[Si](C)(C)C)c5C)c(Cl)ccc24)C(C)CN(c2cc(C(=O)O)c4ccn(C)c4c2)C3=O)cc(C)c1Cl. The third-order valence-corrected chi connectivity index (χ3v) is 13.8. The summed E-state index contributed by atoms with van der Waals surface area (Å²) in [5.41, 5.74) is 9.19. The van der Waals surface area contributed by atoms with E-state index in [0.29, 0.717) is 61.1 Å². The summed E-state index contributed by atoms with van der Waals surface area (Å²) < 4.78 is 18.3. The molecule has 1 aliphatic rings. The zero-order valence-electron chi connectivity index (χ0n) is 34.2. The van der Waals surface area contributed by atoms with Gasteiger partial charge in [-0.15, -0.1) is 0 Å². The molecule has 0 spiro atoms. The fourth-order valence-corrected chi connectivity index (χ4v) is 9.33. The standard InChI is InChI=1S/C44H51Cl2N5O5Si/c1-25-19-31(20-26(2)40(25)46)56-16-10-11-33-34-12-13-36(45)39(38-28(4)47-50(29(38)5)24-55-17-18-57(7,8)9)41(34)51-27(3)23-49(43(52)42(33)51)30-21-35(44(53)54)32-14-15-48(6)37(32)22-30/h12-15,19-22,27H,10-11,16-18,23-24H2,1-9H3,(H,53,54). The van der Waals surface area contributed by atoms with Gasteiger partial charge in [-0.05, 0) is 107 Å². The van der Waals surface area contributed by atoms with Crippen molar-refractivity contribution in [2.24, 2.45) is 7.05 Å². The zero-order chi connectivity index (χ0) is 41.1. The molecule has 4 heterocycles. The molecular weight excluding hydrogens is 778 g/mol. The van der Waals surface area contributed by atoms with E-state index < -0.39 is 14.0 Å². The number of hydrogen-bond acceptors (Lipinski definition) is 5. The van der Waals surface area contributed by atoms with Crippen molar-refractivity contribution in [1.29, 1.82) is 0 Å². The number of rotatable bonds is 13. The number of benzene rings is 3. The second-order valence-electron chi connectivity index (χ2n) is 16.7. The summed E-state index contributed by atoms with van der Waals surface area (Å²) in [4.78, 5) is 29.3. The second-order valence-corrected chi connectivity index (χ2v) is 23.1. The van der Waals surface area contributed by atoms with Gasteiger partial charge >= 0.3 is 5.97 Å². The Bertz CT molecular complexity index is 2540. The molecule has 1 aliphatic heterocycles. The number of carboxylic acid groups (broad SMARTS) is 1. The van der Waals surface area contributed by atoms with E-state index in [9.17, 15) is 9.90 Å². The molecule has 6 aromatic rings. The molecule has 300 valence electrons. The van der Waals surface area contributed by atoms with Gasteiger partial charge in [-0.2, -0.15) is 5.10 Å². The minimum Gasteiger partial charge on any atom is -0.494 e. The van der Waals surface area contributed by atoms with Crippen molar-refractivity contribution in [3.63, 3.8) is 0 Å². The average molecular weight is 829 g/mol. The summed E-state index contributed by atoms with van der Waals surface area (Å²) in [7, 11) is 0.617. The van der Waals surface area contributed by atoms with Crippen LogP contribution in [0.25, 0.3) is 32.9 Å². The molecule has 1 amide bonds. The van der Waals surface area contributed by atoms with Crippen LogP contribution in [0.2, 0.25) is 35.7 Å². The summed E-state index contributed by atoms with van der Waals surface area (Å²) in [6.07, 6.45) is 3.02. The number of carbonyl (C=O) groups excluding carboxylic acids is 1. The highest BCUT2D eigenvalue weighted by Gasteiger charge is 2.37. The second kappa shape index (κ2) is 15.7. The first-order valence-corrected chi connectivity index (χ1v) is 23.9. The molecule has 13 heteroatoms.